The summed E-state index contributed by atoms with van der Waals surface area (Å²) in [5.74, 6) is 2.46. The van der Waals surface area contributed by atoms with Gasteiger partial charge in [0, 0.05) is 17.3 Å². The van der Waals surface area contributed by atoms with Gasteiger partial charge in [-0.1, -0.05) is 0 Å². The lowest BCUT2D eigenvalue weighted by Gasteiger charge is -2.30. The zero-order valence-corrected chi connectivity index (χ0v) is 12.3. The van der Waals surface area contributed by atoms with E-state index in [1.54, 1.807) is 0 Å². The third-order valence-corrected chi connectivity index (χ3v) is 4.91. The van der Waals surface area contributed by atoms with Gasteiger partial charge in [-0.25, -0.2) is 4.98 Å². The van der Waals surface area contributed by atoms with Crippen molar-refractivity contribution in [1.29, 1.82) is 0 Å². The summed E-state index contributed by atoms with van der Waals surface area (Å²) in [5.41, 5.74) is 1.43. The molecule has 0 radical (unpaired) electrons. The van der Waals surface area contributed by atoms with Crippen LogP contribution in [-0.4, -0.2) is 33.2 Å². The first-order chi connectivity index (χ1) is 9.22. The van der Waals surface area contributed by atoms with E-state index in [0.29, 0.717) is 5.92 Å². The van der Waals surface area contributed by atoms with Crippen LogP contribution in [-0.2, 0) is 6.54 Å². The number of rotatable bonds is 3. The lowest BCUT2D eigenvalue weighted by Crippen LogP contribution is -2.32. The minimum Gasteiger partial charge on any atom is -0.298 e. The van der Waals surface area contributed by atoms with E-state index in [0.717, 1.165) is 31.3 Å². The highest BCUT2D eigenvalue weighted by atomic mass is 32.1. The number of piperidine rings is 1. The molecule has 1 aliphatic rings. The highest BCUT2D eigenvalue weighted by Crippen LogP contribution is 2.27. The summed E-state index contributed by atoms with van der Waals surface area (Å²) in [7, 11) is 0. The van der Waals surface area contributed by atoms with E-state index in [9.17, 15) is 0 Å². The van der Waals surface area contributed by atoms with Crippen molar-refractivity contribution in [2.24, 2.45) is 0 Å². The molecule has 102 valence electrons. The molecule has 0 saturated carbocycles. The highest BCUT2D eigenvalue weighted by molar-refractivity contribution is 7.10. The molecule has 1 N–H and O–H groups in total. The number of hydrogen-bond donors (Lipinski definition) is 1. The van der Waals surface area contributed by atoms with E-state index < -0.39 is 0 Å². The van der Waals surface area contributed by atoms with E-state index in [-0.39, 0.29) is 0 Å². The van der Waals surface area contributed by atoms with Crippen molar-refractivity contribution in [1.82, 2.24) is 20.1 Å². The number of thiophene rings is 1. The predicted octanol–water partition coefficient (Wildman–Crippen LogP) is 2.86. The number of nitrogens with zero attached hydrogens (tertiary/aromatic N) is 3. The van der Waals surface area contributed by atoms with Crippen molar-refractivity contribution < 1.29 is 0 Å². The van der Waals surface area contributed by atoms with Gasteiger partial charge in [0.1, 0.15) is 5.82 Å². The van der Waals surface area contributed by atoms with Gasteiger partial charge in [-0.05, 0) is 56.8 Å². The second-order valence-corrected chi connectivity index (χ2v) is 6.36. The lowest BCUT2D eigenvalue weighted by molar-refractivity contribution is 0.203. The molecule has 2 aromatic rings. The molecule has 0 aromatic carbocycles. The van der Waals surface area contributed by atoms with Crippen LogP contribution in [0.2, 0.25) is 0 Å². The molecule has 0 unspecified atom stereocenters. The minimum absolute atomic E-state index is 0.533. The Morgan fingerprint density at radius 2 is 2.16 bits per heavy atom. The van der Waals surface area contributed by atoms with Gasteiger partial charge in [0.2, 0.25) is 0 Å². The van der Waals surface area contributed by atoms with Crippen LogP contribution in [0, 0.1) is 13.8 Å². The molecular formula is C14H20N4S. The van der Waals surface area contributed by atoms with E-state index >= 15 is 0 Å². The Morgan fingerprint density at radius 3 is 2.74 bits per heavy atom. The van der Waals surface area contributed by atoms with Crippen molar-refractivity contribution in [2.45, 2.75) is 39.2 Å². The third kappa shape index (κ3) is 2.87. The molecule has 5 heteroatoms. The highest BCUT2D eigenvalue weighted by Gasteiger charge is 2.23. The zero-order chi connectivity index (χ0) is 13.2. The Bertz CT molecular complexity index is 537. The molecule has 1 aliphatic heterocycles. The first kappa shape index (κ1) is 12.8. The Hall–Kier alpha value is -1.20. The maximum atomic E-state index is 4.47. The summed E-state index contributed by atoms with van der Waals surface area (Å²) in [6, 6.07) is 2.21. The van der Waals surface area contributed by atoms with Crippen LogP contribution in [0.15, 0.2) is 11.4 Å². The molecule has 0 amide bonds. The number of aromatic nitrogens is 3. The topological polar surface area (TPSA) is 44.8 Å². The van der Waals surface area contributed by atoms with Crippen molar-refractivity contribution >= 4 is 11.3 Å². The summed E-state index contributed by atoms with van der Waals surface area (Å²) >= 11 is 1.87. The van der Waals surface area contributed by atoms with Gasteiger partial charge in [-0.3, -0.25) is 10.00 Å². The van der Waals surface area contributed by atoms with Gasteiger partial charge in [0.05, 0.1) is 0 Å². The number of aryl methyl sites for hydroxylation is 2. The molecule has 4 nitrogen and oxygen atoms in total. The number of hydrogen-bond acceptors (Lipinski definition) is 4. The fraction of sp³-hybridized carbons (Fsp3) is 0.571. The predicted molar refractivity (Wildman–Crippen MR) is 77.4 cm³/mol. The molecule has 1 saturated heterocycles. The van der Waals surface area contributed by atoms with Crippen molar-refractivity contribution in [3.8, 4) is 0 Å². The Balaban J connectivity index is 1.56. The molecule has 0 aliphatic carbocycles. The molecule has 0 bridgehead atoms. The van der Waals surface area contributed by atoms with Gasteiger partial charge >= 0.3 is 0 Å². The van der Waals surface area contributed by atoms with Crippen LogP contribution < -0.4 is 0 Å². The lowest BCUT2D eigenvalue weighted by atomic mass is 9.96. The van der Waals surface area contributed by atoms with Crippen LogP contribution in [0.3, 0.4) is 0 Å². The van der Waals surface area contributed by atoms with E-state index in [1.165, 1.54) is 23.3 Å². The van der Waals surface area contributed by atoms with Crippen molar-refractivity contribution in [2.75, 3.05) is 13.1 Å². The summed E-state index contributed by atoms with van der Waals surface area (Å²) in [5, 5.41) is 9.44. The first-order valence-corrected chi connectivity index (χ1v) is 7.74. The second-order valence-electron chi connectivity index (χ2n) is 5.36. The van der Waals surface area contributed by atoms with Crippen LogP contribution in [0.1, 0.15) is 40.8 Å². The molecule has 19 heavy (non-hydrogen) atoms. The summed E-state index contributed by atoms with van der Waals surface area (Å²) < 4.78 is 0. The van der Waals surface area contributed by atoms with Gasteiger partial charge in [0.25, 0.3) is 0 Å². The van der Waals surface area contributed by atoms with Crippen LogP contribution in [0.4, 0.5) is 0 Å². The number of aromatic amines is 1. The molecule has 3 heterocycles. The smallest absolute Gasteiger partial charge is 0.153 e. The Morgan fingerprint density at radius 1 is 1.37 bits per heavy atom. The summed E-state index contributed by atoms with van der Waals surface area (Å²) in [6.07, 6.45) is 2.34. The van der Waals surface area contributed by atoms with Crippen LogP contribution in [0.25, 0.3) is 0 Å². The van der Waals surface area contributed by atoms with E-state index in [2.05, 4.69) is 38.5 Å². The monoisotopic (exact) mass is 276 g/mol. The van der Waals surface area contributed by atoms with E-state index in [1.807, 2.05) is 18.3 Å². The van der Waals surface area contributed by atoms with Crippen LogP contribution >= 0.6 is 11.3 Å². The second kappa shape index (κ2) is 5.43. The molecule has 0 atom stereocenters. The van der Waals surface area contributed by atoms with E-state index in [4.69, 9.17) is 0 Å². The first-order valence-electron chi connectivity index (χ1n) is 6.86. The number of likely N-dealkylation sites (tertiary alicyclic amines) is 1. The maximum Gasteiger partial charge on any atom is 0.153 e. The van der Waals surface area contributed by atoms with Crippen LogP contribution in [0.5, 0.6) is 0 Å². The molecule has 3 rings (SSSR count). The molecule has 0 spiro atoms. The van der Waals surface area contributed by atoms with Gasteiger partial charge in [0.15, 0.2) is 5.82 Å². The molecular weight excluding hydrogens is 256 g/mol. The minimum atomic E-state index is 0.533. The fourth-order valence-electron chi connectivity index (χ4n) is 2.66. The fourth-order valence-corrected chi connectivity index (χ4v) is 3.61. The summed E-state index contributed by atoms with van der Waals surface area (Å²) in [4.78, 5) is 8.52. The third-order valence-electron chi connectivity index (χ3n) is 3.90. The average Bonchev–Trinajstić information content (AvgIpc) is 3.00. The van der Waals surface area contributed by atoms with Gasteiger partial charge < -0.3 is 0 Å². The average molecular weight is 276 g/mol. The normalized spacial score (nSPS) is 18.0. The number of nitrogens with one attached hydrogen (secondary N) is 1. The Kier molecular flexibility index (Phi) is 3.66. The Labute approximate surface area is 117 Å². The number of H-pyrrole nitrogens is 1. The van der Waals surface area contributed by atoms with Crippen molar-refractivity contribution in [3.05, 3.63) is 33.5 Å². The largest absolute Gasteiger partial charge is 0.298 e. The van der Waals surface area contributed by atoms with Gasteiger partial charge in [-0.2, -0.15) is 5.10 Å². The zero-order valence-electron chi connectivity index (χ0n) is 11.5. The molecule has 2 aromatic heterocycles. The quantitative estimate of drug-likeness (QED) is 0.937. The SMILES string of the molecule is Cc1nc(C2CCN(Cc3sccc3C)CC2)n[nH]1. The standard InChI is InChI=1S/C14H20N4S/c1-10-5-8-19-13(10)9-18-6-3-12(4-7-18)14-15-11(2)16-17-14/h5,8,12H,3-4,6-7,9H2,1-2H3,(H,15,16,17). The van der Waals surface area contributed by atoms with Gasteiger partial charge in [-0.15, -0.1) is 11.3 Å². The summed E-state index contributed by atoms with van der Waals surface area (Å²) in [6.45, 7) is 7.56. The van der Waals surface area contributed by atoms with Crippen molar-refractivity contribution in [3.63, 3.8) is 0 Å². The molecule has 1 fully saturated rings. The maximum absolute atomic E-state index is 4.47.